The van der Waals surface area contributed by atoms with Crippen LogP contribution in [0.2, 0.25) is 0 Å². The monoisotopic (exact) mass is 310 g/mol. The minimum Gasteiger partial charge on any atom is -0.459 e. The Kier molecular flexibility index (Phi) is 4.33. The van der Waals surface area contributed by atoms with Crippen molar-refractivity contribution in [3.8, 4) is 0 Å². The Bertz CT molecular complexity index is 371. The summed E-state index contributed by atoms with van der Waals surface area (Å²) < 4.78 is 6.12. The molecule has 4 rings (SSSR count). The van der Waals surface area contributed by atoms with Gasteiger partial charge < -0.3 is 4.74 Å². The van der Waals surface area contributed by atoms with Gasteiger partial charge >= 0.3 is 5.97 Å². The van der Waals surface area contributed by atoms with Crippen molar-refractivity contribution in [1.82, 2.24) is 0 Å². The molecule has 4 fully saturated rings. The van der Waals surface area contributed by atoms with Crippen LogP contribution in [-0.4, -0.2) is 23.6 Å². The summed E-state index contributed by atoms with van der Waals surface area (Å²) in [5.41, 5.74) is 0.0457. The van der Waals surface area contributed by atoms with Crippen molar-refractivity contribution >= 4 is 17.7 Å². The number of carbonyl (C=O) groups excluding carboxylic acids is 1. The molecule has 0 aromatic rings. The number of hydrogen-bond donors (Lipinski definition) is 0. The third kappa shape index (κ3) is 2.75. The number of esters is 1. The van der Waals surface area contributed by atoms with Gasteiger partial charge in [-0.2, -0.15) is 11.8 Å². The topological polar surface area (TPSA) is 26.3 Å². The fourth-order valence-corrected chi connectivity index (χ4v) is 6.17. The summed E-state index contributed by atoms with van der Waals surface area (Å²) in [6, 6.07) is 0. The molecule has 0 aromatic carbocycles. The number of thioether (sulfide) groups is 1. The predicted molar refractivity (Wildman–Crippen MR) is 88.4 cm³/mol. The van der Waals surface area contributed by atoms with Crippen LogP contribution < -0.4 is 0 Å². The minimum absolute atomic E-state index is 0.0180. The summed E-state index contributed by atoms with van der Waals surface area (Å²) in [7, 11) is 0. The van der Waals surface area contributed by atoms with E-state index in [0.29, 0.717) is 6.42 Å². The fourth-order valence-electron chi connectivity index (χ4n) is 5.80. The summed E-state index contributed by atoms with van der Waals surface area (Å²) in [6.45, 7) is 4.44. The average Bonchev–Trinajstić information content (AvgIpc) is 2.43. The van der Waals surface area contributed by atoms with E-state index >= 15 is 0 Å². The van der Waals surface area contributed by atoms with Gasteiger partial charge in [0, 0.05) is 11.2 Å². The number of hydrogen-bond acceptors (Lipinski definition) is 3. The van der Waals surface area contributed by atoms with E-state index in [4.69, 9.17) is 4.74 Å². The second-order valence-electron chi connectivity index (χ2n) is 8.00. The average molecular weight is 311 g/mol. The molecule has 0 spiro atoms. The summed E-state index contributed by atoms with van der Waals surface area (Å²) in [4.78, 5) is 12.2. The summed E-state index contributed by atoms with van der Waals surface area (Å²) in [5, 5.41) is 0. The molecule has 2 nitrogen and oxygen atoms in total. The molecule has 0 N–H and O–H groups in total. The molecule has 4 bridgehead atoms. The van der Waals surface area contributed by atoms with Gasteiger partial charge in [0.25, 0.3) is 0 Å². The van der Waals surface area contributed by atoms with Gasteiger partial charge in [0.1, 0.15) is 5.60 Å². The highest BCUT2D eigenvalue weighted by Crippen LogP contribution is 2.65. The van der Waals surface area contributed by atoms with Crippen molar-refractivity contribution in [3.63, 3.8) is 0 Å². The normalized spacial score (nSPS) is 40.0. The Morgan fingerprint density at radius 3 is 2.14 bits per heavy atom. The molecule has 0 amide bonds. The second kappa shape index (κ2) is 5.79. The van der Waals surface area contributed by atoms with Crippen LogP contribution in [0.4, 0.5) is 0 Å². The van der Waals surface area contributed by atoms with Crippen LogP contribution in [0.25, 0.3) is 0 Å². The van der Waals surface area contributed by atoms with Gasteiger partial charge in [-0.25, -0.2) is 0 Å². The molecule has 120 valence electrons. The van der Waals surface area contributed by atoms with Crippen molar-refractivity contribution < 1.29 is 9.53 Å². The molecule has 21 heavy (non-hydrogen) atoms. The van der Waals surface area contributed by atoms with Gasteiger partial charge in [-0.1, -0.05) is 6.92 Å². The molecule has 1 atom stereocenters. The fraction of sp³-hybridized carbons (Fsp3) is 0.944. The van der Waals surface area contributed by atoms with Crippen LogP contribution in [0.3, 0.4) is 0 Å². The maximum Gasteiger partial charge on any atom is 0.307 e. The number of carbonyl (C=O) groups is 1. The van der Waals surface area contributed by atoms with E-state index in [1.807, 2.05) is 6.26 Å². The molecule has 4 aliphatic carbocycles. The second-order valence-corrected chi connectivity index (χ2v) is 8.98. The lowest BCUT2D eigenvalue weighted by molar-refractivity contribution is -0.204. The molecule has 0 aliphatic heterocycles. The van der Waals surface area contributed by atoms with Gasteiger partial charge in [0.2, 0.25) is 0 Å². The van der Waals surface area contributed by atoms with Crippen LogP contribution in [0.15, 0.2) is 0 Å². The zero-order valence-corrected chi connectivity index (χ0v) is 14.6. The first kappa shape index (κ1) is 15.7. The van der Waals surface area contributed by atoms with Gasteiger partial charge in [-0.3, -0.25) is 4.79 Å². The van der Waals surface area contributed by atoms with Gasteiger partial charge in [0.15, 0.2) is 0 Å². The lowest BCUT2D eigenvalue weighted by Crippen LogP contribution is -2.58. The van der Waals surface area contributed by atoms with E-state index in [2.05, 4.69) is 13.8 Å². The maximum absolute atomic E-state index is 12.2. The lowest BCUT2D eigenvalue weighted by atomic mass is 9.45. The van der Waals surface area contributed by atoms with Crippen molar-refractivity contribution in [3.05, 3.63) is 0 Å². The minimum atomic E-state index is -0.238. The third-order valence-corrected chi connectivity index (χ3v) is 7.30. The smallest absolute Gasteiger partial charge is 0.307 e. The summed E-state index contributed by atoms with van der Waals surface area (Å²) in [6.07, 6.45) is 11.8. The summed E-state index contributed by atoms with van der Waals surface area (Å²) in [5.74, 6) is 3.62. The van der Waals surface area contributed by atoms with Crippen molar-refractivity contribution in [2.75, 3.05) is 12.0 Å². The van der Waals surface area contributed by atoms with Crippen LogP contribution in [0, 0.1) is 23.2 Å². The first-order chi connectivity index (χ1) is 10.0. The molecule has 3 heteroatoms. The van der Waals surface area contributed by atoms with Crippen LogP contribution in [0.1, 0.15) is 65.2 Å². The third-order valence-electron chi connectivity index (χ3n) is 6.68. The highest BCUT2D eigenvalue weighted by atomic mass is 32.2. The molecule has 4 saturated carbocycles. The maximum atomic E-state index is 12.2. The molecule has 0 heterocycles. The van der Waals surface area contributed by atoms with Gasteiger partial charge in [0.05, 0.1) is 6.42 Å². The number of rotatable bonds is 6. The predicted octanol–water partition coefficient (Wildman–Crippen LogP) is 4.67. The van der Waals surface area contributed by atoms with E-state index in [-0.39, 0.29) is 17.0 Å². The zero-order valence-electron chi connectivity index (χ0n) is 13.8. The Balaban J connectivity index is 1.76. The van der Waals surface area contributed by atoms with E-state index < -0.39 is 0 Å². The molecule has 0 saturated heterocycles. The quantitative estimate of drug-likeness (QED) is 0.667. The lowest BCUT2D eigenvalue weighted by Gasteiger charge is -2.62. The molecule has 0 aromatic heterocycles. The standard InChI is InChI=1S/C18H30O2S/c1-4-17(2,20-16(19)5-6-21-3)18-10-13-7-14(11-18)9-15(8-13)12-18/h13-15H,4-12H2,1-3H3. The number of ether oxygens (including phenoxy) is 1. The molecular formula is C18H30O2S. The summed E-state index contributed by atoms with van der Waals surface area (Å²) >= 11 is 1.72. The van der Waals surface area contributed by atoms with Crippen molar-refractivity contribution in [2.45, 2.75) is 70.8 Å². The van der Waals surface area contributed by atoms with Crippen molar-refractivity contribution in [1.29, 1.82) is 0 Å². The first-order valence-electron chi connectivity index (χ1n) is 8.71. The molecular weight excluding hydrogens is 280 g/mol. The molecule has 4 aliphatic rings. The highest BCUT2D eigenvalue weighted by molar-refractivity contribution is 7.98. The Morgan fingerprint density at radius 1 is 1.19 bits per heavy atom. The van der Waals surface area contributed by atoms with E-state index in [9.17, 15) is 4.79 Å². The molecule has 0 radical (unpaired) electrons. The molecule has 1 unspecified atom stereocenters. The van der Waals surface area contributed by atoms with Crippen LogP contribution in [0.5, 0.6) is 0 Å². The van der Waals surface area contributed by atoms with Gasteiger partial charge in [-0.05, 0) is 75.9 Å². The Hall–Kier alpha value is -0.180. The Morgan fingerprint density at radius 2 is 1.71 bits per heavy atom. The van der Waals surface area contributed by atoms with Crippen LogP contribution >= 0.6 is 11.8 Å². The van der Waals surface area contributed by atoms with E-state index in [0.717, 1.165) is 29.9 Å². The van der Waals surface area contributed by atoms with E-state index in [1.54, 1.807) is 11.8 Å². The van der Waals surface area contributed by atoms with Crippen LogP contribution in [-0.2, 0) is 9.53 Å². The van der Waals surface area contributed by atoms with Gasteiger partial charge in [-0.15, -0.1) is 0 Å². The van der Waals surface area contributed by atoms with E-state index in [1.165, 1.54) is 38.5 Å². The SMILES string of the molecule is CCC(C)(OC(=O)CCSC)C12CC3CC(CC(C3)C1)C2. The Labute approximate surface area is 133 Å². The largest absolute Gasteiger partial charge is 0.459 e. The van der Waals surface area contributed by atoms with Crippen molar-refractivity contribution in [2.24, 2.45) is 23.2 Å². The zero-order chi connectivity index (χ0) is 15.1. The first-order valence-corrected chi connectivity index (χ1v) is 10.1. The highest BCUT2D eigenvalue weighted by Gasteiger charge is 2.59.